The summed E-state index contributed by atoms with van der Waals surface area (Å²) in [4.78, 5) is 40.6. The molecule has 41 heavy (non-hydrogen) atoms. The normalized spacial score (nSPS) is 24.4. The zero-order chi connectivity index (χ0) is 30.4. The van der Waals surface area contributed by atoms with Gasteiger partial charge in [-0.2, -0.15) is 10.1 Å². The Morgan fingerprint density at radius 3 is 2.54 bits per heavy atom. The monoisotopic (exact) mass is 598 g/mol. The van der Waals surface area contributed by atoms with Crippen molar-refractivity contribution in [2.75, 3.05) is 11.9 Å². The van der Waals surface area contributed by atoms with Gasteiger partial charge in [-0.25, -0.2) is 13.8 Å². The topological polar surface area (TPSA) is 167 Å². The number of nitrogens with zero attached hydrogens (tertiary/aromatic N) is 2. The number of alkyl halides is 1. The van der Waals surface area contributed by atoms with Crippen LogP contribution in [0.4, 0.5) is 10.2 Å². The van der Waals surface area contributed by atoms with E-state index < -0.39 is 62.3 Å². The fraction of sp³-hybridized carbons (Fsp3) is 0.538. The molecule has 1 aliphatic heterocycles. The molecule has 15 heteroatoms. The van der Waals surface area contributed by atoms with Gasteiger partial charge < -0.3 is 24.4 Å². The molecule has 3 rings (SSSR count). The third kappa shape index (κ3) is 8.43. The summed E-state index contributed by atoms with van der Waals surface area (Å²) in [5.41, 5.74) is -3.43. The summed E-state index contributed by atoms with van der Waals surface area (Å²) in [7, 11) is -4.33. The molecule has 1 fully saturated rings. The smallest absolute Gasteiger partial charge is 0.459 e. The fourth-order valence-electron chi connectivity index (χ4n) is 3.95. The largest absolute Gasteiger partial charge is 0.462 e. The Morgan fingerprint density at radius 1 is 1.24 bits per heavy atom. The zero-order valence-electron chi connectivity index (χ0n) is 23.5. The Kier molecular flexibility index (Phi) is 10.8. The van der Waals surface area contributed by atoms with Gasteiger partial charge in [-0.15, -0.1) is 0 Å². The van der Waals surface area contributed by atoms with E-state index in [1.54, 1.807) is 32.0 Å². The van der Waals surface area contributed by atoms with Gasteiger partial charge in [0.05, 0.1) is 12.7 Å². The molecule has 1 aromatic heterocycles. The number of halogens is 1. The third-order valence-electron chi connectivity index (χ3n) is 5.98. The molecule has 1 aliphatic rings. The number of nitrogens with one attached hydrogen (secondary N) is 2. The number of hydrogen-bond donors (Lipinski definition) is 3. The number of amides is 1. The number of carbonyl (C=O) groups excluding carboxylic acids is 2. The van der Waals surface area contributed by atoms with E-state index >= 15 is 4.39 Å². The molecule has 1 aromatic carbocycles. The van der Waals surface area contributed by atoms with Crippen molar-refractivity contribution in [1.29, 1.82) is 0 Å². The van der Waals surface area contributed by atoms with Crippen LogP contribution in [0.25, 0.3) is 0 Å². The number of ether oxygens (including phenoxy) is 2. The van der Waals surface area contributed by atoms with Gasteiger partial charge >= 0.3 is 19.4 Å². The van der Waals surface area contributed by atoms with Crippen LogP contribution >= 0.6 is 7.75 Å². The lowest BCUT2D eigenvalue weighted by Crippen LogP contribution is -2.43. The number of anilines is 1. The van der Waals surface area contributed by atoms with Crippen LogP contribution in [-0.2, 0) is 28.2 Å². The molecule has 3 N–H and O–H groups in total. The highest BCUT2D eigenvalue weighted by Gasteiger charge is 2.56. The molecule has 0 aliphatic carbocycles. The van der Waals surface area contributed by atoms with Crippen LogP contribution in [0, 0.1) is 0 Å². The van der Waals surface area contributed by atoms with Crippen LogP contribution < -0.4 is 20.6 Å². The van der Waals surface area contributed by atoms with Crippen LogP contribution in [0.1, 0.15) is 53.7 Å². The molecule has 0 radical (unpaired) electrons. The number of aromatic nitrogens is 2. The van der Waals surface area contributed by atoms with E-state index in [1.165, 1.54) is 31.3 Å². The molecule has 226 valence electrons. The molecular formula is C26H36FN4O9P. The molecule has 0 unspecified atom stereocenters. The second-order valence-electron chi connectivity index (χ2n) is 9.96. The second-order valence-corrected chi connectivity index (χ2v) is 11.7. The number of aliphatic hydroxyl groups excluding tert-OH is 1. The van der Waals surface area contributed by atoms with Crippen molar-refractivity contribution in [3.63, 3.8) is 0 Å². The summed E-state index contributed by atoms with van der Waals surface area (Å²) in [5.74, 6) is -0.911. The lowest BCUT2D eigenvalue weighted by molar-refractivity contribution is -0.149. The van der Waals surface area contributed by atoms with E-state index in [0.29, 0.717) is 6.42 Å². The minimum Gasteiger partial charge on any atom is -0.462 e. The SMILES string of the molecule is CCCC(=O)Nc1ccn([C@@H]2O[C@H](CO[P@@](=O)(N[C@@H](C)C(=O)OC(C)C)Oc3ccccc3)[C@@H](O)[C@@]2(C)F)c(=O)n1. The Morgan fingerprint density at radius 2 is 1.93 bits per heavy atom. The summed E-state index contributed by atoms with van der Waals surface area (Å²) in [6, 6.07) is 8.17. The van der Waals surface area contributed by atoms with E-state index in [2.05, 4.69) is 15.4 Å². The van der Waals surface area contributed by atoms with Gasteiger partial charge in [0.25, 0.3) is 0 Å². The lowest BCUT2D eigenvalue weighted by atomic mass is 9.98. The number of benzene rings is 1. The third-order valence-corrected chi connectivity index (χ3v) is 7.62. The standard InChI is InChI=1S/C26H36FN4O9P/c1-6-10-21(32)28-20-13-14-31(25(35)29-20)24-26(5,27)22(33)19(39-24)15-37-41(36,40-18-11-8-7-9-12-18)30-17(4)23(34)38-16(2)3/h7-9,11-14,16-17,19,22,24,33H,6,10,15H2,1-5H3,(H,30,36)(H,28,29,32,35)/t17-,19+,22+,24+,26+,41-/m0/s1. The molecule has 2 aromatic rings. The van der Waals surface area contributed by atoms with Crippen molar-refractivity contribution in [2.24, 2.45) is 0 Å². The van der Waals surface area contributed by atoms with E-state index in [-0.39, 0.29) is 23.9 Å². The van der Waals surface area contributed by atoms with Gasteiger partial charge in [0, 0.05) is 12.6 Å². The average Bonchev–Trinajstić information content (AvgIpc) is 3.11. The first kappa shape index (κ1) is 32.4. The van der Waals surface area contributed by atoms with E-state index in [9.17, 15) is 24.1 Å². The first-order valence-electron chi connectivity index (χ1n) is 13.1. The van der Waals surface area contributed by atoms with Gasteiger partial charge in [-0.1, -0.05) is 25.1 Å². The van der Waals surface area contributed by atoms with Crippen molar-refractivity contribution in [2.45, 2.75) is 83.7 Å². The highest BCUT2D eigenvalue weighted by atomic mass is 31.2. The minimum atomic E-state index is -4.33. The Labute approximate surface area is 236 Å². The Balaban J connectivity index is 1.78. The summed E-state index contributed by atoms with van der Waals surface area (Å²) < 4.78 is 52.1. The van der Waals surface area contributed by atoms with Crippen LogP contribution in [-0.4, -0.2) is 63.2 Å². The van der Waals surface area contributed by atoms with Crippen LogP contribution in [0.2, 0.25) is 0 Å². The Hall–Kier alpha value is -3.16. The number of para-hydroxylation sites is 1. The molecule has 0 bridgehead atoms. The van der Waals surface area contributed by atoms with Gasteiger partial charge in [0.2, 0.25) is 5.91 Å². The van der Waals surface area contributed by atoms with Gasteiger partial charge in [-0.3, -0.25) is 18.7 Å². The maximum atomic E-state index is 15.7. The highest BCUT2D eigenvalue weighted by Crippen LogP contribution is 2.47. The second kappa shape index (κ2) is 13.7. The summed E-state index contributed by atoms with van der Waals surface area (Å²) >= 11 is 0. The summed E-state index contributed by atoms with van der Waals surface area (Å²) in [6.45, 7) is 6.92. The maximum absolute atomic E-state index is 15.7. The van der Waals surface area contributed by atoms with Crippen molar-refractivity contribution in [3.8, 4) is 5.75 Å². The van der Waals surface area contributed by atoms with E-state index in [1.807, 2.05) is 6.92 Å². The van der Waals surface area contributed by atoms with E-state index in [0.717, 1.165) is 11.5 Å². The van der Waals surface area contributed by atoms with Crippen LogP contribution in [0.3, 0.4) is 0 Å². The lowest BCUT2D eigenvalue weighted by Gasteiger charge is -2.25. The van der Waals surface area contributed by atoms with Crippen molar-refractivity contribution < 1.29 is 42.2 Å². The van der Waals surface area contributed by atoms with Crippen molar-refractivity contribution >= 4 is 25.4 Å². The molecular weight excluding hydrogens is 562 g/mol. The predicted octanol–water partition coefficient (Wildman–Crippen LogP) is 3.10. The zero-order valence-corrected chi connectivity index (χ0v) is 24.4. The molecule has 6 atom stereocenters. The maximum Gasteiger partial charge on any atom is 0.459 e. The average molecular weight is 599 g/mol. The molecule has 13 nitrogen and oxygen atoms in total. The first-order chi connectivity index (χ1) is 19.3. The minimum absolute atomic E-state index is 0.0149. The van der Waals surface area contributed by atoms with Crippen LogP contribution in [0.5, 0.6) is 5.75 Å². The molecule has 0 saturated carbocycles. The molecule has 0 spiro atoms. The number of aliphatic hydroxyl groups is 1. The quantitative estimate of drug-likeness (QED) is 0.229. The number of carbonyl (C=O) groups is 2. The summed E-state index contributed by atoms with van der Waals surface area (Å²) in [5, 5.41) is 15.7. The summed E-state index contributed by atoms with van der Waals surface area (Å²) in [6.07, 6.45) is -3.27. The van der Waals surface area contributed by atoms with Gasteiger partial charge in [0.1, 0.15) is 29.8 Å². The first-order valence-corrected chi connectivity index (χ1v) is 14.7. The van der Waals surface area contributed by atoms with Gasteiger partial charge in [-0.05, 0) is 52.3 Å². The number of hydrogen-bond acceptors (Lipinski definition) is 10. The molecule has 1 saturated heterocycles. The predicted molar refractivity (Wildman–Crippen MR) is 146 cm³/mol. The van der Waals surface area contributed by atoms with Crippen molar-refractivity contribution in [3.05, 3.63) is 53.1 Å². The van der Waals surface area contributed by atoms with E-state index in [4.69, 9.17) is 18.5 Å². The number of rotatable bonds is 13. The molecule has 2 heterocycles. The molecule has 1 amide bonds. The Bertz CT molecular complexity index is 1310. The van der Waals surface area contributed by atoms with Crippen molar-refractivity contribution in [1.82, 2.24) is 14.6 Å². The fourth-order valence-corrected chi connectivity index (χ4v) is 5.45. The van der Waals surface area contributed by atoms with Gasteiger partial charge in [0.15, 0.2) is 11.9 Å². The highest BCUT2D eigenvalue weighted by molar-refractivity contribution is 7.52. The van der Waals surface area contributed by atoms with Crippen LogP contribution in [0.15, 0.2) is 47.4 Å². The number of esters is 1.